The van der Waals surface area contributed by atoms with Crippen molar-refractivity contribution in [2.24, 2.45) is 5.73 Å². The number of terminal acetylenes is 1. The Kier molecular flexibility index (Phi) is 4.26. The Labute approximate surface area is 166 Å². The second-order valence-corrected chi connectivity index (χ2v) is 6.67. The summed E-state index contributed by atoms with van der Waals surface area (Å²) in [6, 6.07) is 6.80. The molecule has 142 valence electrons. The van der Waals surface area contributed by atoms with E-state index in [1.807, 2.05) is 6.07 Å². The lowest BCUT2D eigenvalue weighted by molar-refractivity contribution is 0.100. The van der Waals surface area contributed by atoms with E-state index in [4.69, 9.17) is 23.8 Å². The van der Waals surface area contributed by atoms with Crippen LogP contribution in [0.5, 0.6) is 0 Å². The summed E-state index contributed by atoms with van der Waals surface area (Å²) in [4.78, 5) is 20.3. The van der Waals surface area contributed by atoms with Gasteiger partial charge in [0.25, 0.3) is 0 Å². The molecule has 0 atom stereocenters. The van der Waals surface area contributed by atoms with Crippen LogP contribution in [-0.2, 0) is 0 Å². The number of nitrogens with zero attached hydrogens (tertiary/aromatic N) is 3. The van der Waals surface area contributed by atoms with Gasteiger partial charge in [-0.3, -0.25) is 9.89 Å². The van der Waals surface area contributed by atoms with Crippen LogP contribution in [0.25, 0.3) is 11.4 Å². The zero-order chi connectivity index (χ0) is 19.0. The Balaban J connectivity index is 0.00000225. The molecule has 1 aliphatic carbocycles. The van der Waals surface area contributed by atoms with Gasteiger partial charge in [0.05, 0.1) is 16.1 Å². The fourth-order valence-corrected chi connectivity index (χ4v) is 2.91. The maximum atomic E-state index is 11.5. The molecule has 1 saturated carbocycles. The summed E-state index contributed by atoms with van der Waals surface area (Å²) in [5.74, 6) is 3.96. The van der Waals surface area contributed by atoms with Crippen molar-refractivity contribution < 1.29 is 10.5 Å². The molecule has 27 heavy (non-hydrogen) atoms. The summed E-state index contributed by atoms with van der Waals surface area (Å²) in [6.07, 6.45) is 9.45. The molecule has 0 bridgehead atoms. The molecule has 1 fully saturated rings. The standard InChI is InChI=1S/C19H15ClN6O.4H2/c1-2-10-9-22-18(12-5-6-14(20)13(7-12)17(21)27)24-19(10)23-16-8-15(25-26-16)11-3-4-11;;;;/h1,5-9,11H,3-4H2,(H2,21,27)(H2,22,23,24,25,26);4*1H. The van der Waals surface area contributed by atoms with Gasteiger partial charge in [-0.15, -0.1) is 6.42 Å². The highest BCUT2D eigenvalue weighted by molar-refractivity contribution is 6.33. The van der Waals surface area contributed by atoms with Gasteiger partial charge in [0.1, 0.15) is 0 Å². The summed E-state index contributed by atoms with van der Waals surface area (Å²) in [5, 5.41) is 10.7. The number of H-pyrrole nitrogens is 1. The number of carbonyl (C=O) groups excluding carboxylic acids is 1. The van der Waals surface area contributed by atoms with Gasteiger partial charge in [-0.05, 0) is 31.0 Å². The molecule has 2 heterocycles. The lowest BCUT2D eigenvalue weighted by atomic mass is 10.1. The van der Waals surface area contributed by atoms with E-state index in [9.17, 15) is 4.79 Å². The highest BCUT2D eigenvalue weighted by Gasteiger charge is 2.25. The van der Waals surface area contributed by atoms with E-state index in [0.717, 1.165) is 5.69 Å². The number of benzene rings is 1. The average Bonchev–Trinajstić information content (AvgIpc) is 3.41. The van der Waals surface area contributed by atoms with Crippen molar-refractivity contribution >= 4 is 29.1 Å². The Morgan fingerprint density at radius 2 is 2.22 bits per heavy atom. The van der Waals surface area contributed by atoms with Crippen LogP contribution in [0.2, 0.25) is 5.02 Å². The van der Waals surface area contributed by atoms with Crippen LogP contribution < -0.4 is 11.1 Å². The summed E-state index contributed by atoms with van der Waals surface area (Å²) >= 11 is 6.01. The SMILES string of the molecule is C#Cc1cnc(-c2ccc(Cl)c(C(N)=O)c2)nc1Nc1cc(C2CC2)[nH]n1.[HH].[HH].[HH].[HH]. The normalized spacial score (nSPS) is 13.2. The van der Waals surface area contributed by atoms with Crippen LogP contribution >= 0.6 is 11.6 Å². The molecular formula is C19H23ClN6O. The number of aromatic nitrogens is 4. The number of nitrogens with one attached hydrogen (secondary N) is 2. The largest absolute Gasteiger partial charge is 0.366 e. The molecule has 2 aromatic heterocycles. The summed E-state index contributed by atoms with van der Waals surface area (Å²) in [5.41, 5.74) is 7.75. The molecule has 3 aromatic rings. The number of primary amides is 1. The summed E-state index contributed by atoms with van der Waals surface area (Å²) in [7, 11) is 0. The minimum Gasteiger partial charge on any atom is -0.366 e. The van der Waals surface area contributed by atoms with E-state index >= 15 is 0 Å². The van der Waals surface area contributed by atoms with Crippen LogP contribution in [0.3, 0.4) is 0 Å². The minimum atomic E-state index is -0.621. The molecule has 8 heteroatoms. The quantitative estimate of drug-likeness (QED) is 0.569. The van der Waals surface area contributed by atoms with Gasteiger partial charge < -0.3 is 11.1 Å². The summed E-state index contributed by atoms with van der Waals surface area (Å²) in [6.45, 7) is 0. The van der Waals surface area contributed by atoms with Crippen molar-refractivity contribution in [3.05, 3.63) is 52.3 Å². The zero-order valence-electron chi connectivity index (χ0n) is 14.2. The highest BCUT2D eigenvalue weighted by atomic mass is 35.5. The van der Waals surface area contributed by atoms with Gasteiger partial charge >= 0.3 is 0 Å². The molecule has 0 saturated heterocycles. The van der Waals surface area contributed by atoms with E-state index in [2.05, 4.69) is 31.4 Å². The van der Waals surface area contributed by atoms with Gasteiger partial charge in [0.15, 0.2) is 17.5 Å². The van der Waals surface area contributed by atoms with Gasteiger partial charge in [0.2, 0.25) is 5.91 Å². The van der Waals surface area contributed by atoms with Gasteiger partial charge in [-0.25, -0.2) is 9.97 Å². The number of amides is 1. The molecular weight excluding hydrogens is 364 g/mol. The molecule has 1 amide bonds. The van der Waals surface area contributed by atoms with Crippen molar-refractivity contribution in [3.8, 4) is 23.7 Å². The molecule has 0 spiro atoms. The predicted molar refractivity (Wildman–Crippen MR) is 111 cm³/mol. The monoisotopic (exact) mass is 386 g/mol. The maximum absolute atomic E-state index is 11.5. The van der Waals surface area contributed by atoms with Gasteiger partial charge in [0, 0.05) is 35.1 Å². The second kappa shape index (κ2) is 6.74. The number of anilines is 2. The first-order valence-corrected chi connectivity index (χ1v) is 8.68. The minimum absolute atomic E-state index is 0. The van der Waals surface area contributed by atoms with Crippen LogP contribution in [-0.4, -0.2) is 26.1 Å². The molecule has 0 aliphatic heterocycles. The molecule has 4 rings (SSSR count). The third-order valence-electron chi connectivity index (χ3n) is 4.30. The first kappa shape index (κ1) is 17.1. The fourth-order valence-electron chi connectivity index (χ4n) is 2.70. The lowest BCUT2D eigenvalue weighted by Crippen LogP contribution is -2.11. The van der Waals surface area contributed by atoms with Crippen molar-refractivity contribution in [2.45, 2.75) is 18.8 Å². The van der Waals surface area contributed by atoms with E-state index in [0.29, 0.717) is 34.5 Å². The third-order valence-corrected chi connectivity index (χ3v) is 4.63. The van der Waals surface area contributed by atoms with Crippen LogP contribution in [0.4, 0.5) is 11.6 Å². The number of carbonyl (C=O) groups is 1. The van der Waals surface area contributed by atoms with Crippen molar-refractivity contribution in [1.82, 2.24) is 20.2 Å². The Morgan fingerprint density at radius 1 is 1.41 bits per heavy atom. The van der Waals surface area contributed by atoms with E-state index in [1.54, 1.807) is 18.2 Å². The topological polar surface area (TPSA) is 110 Å². The van der Waals surface area contributed by atoms with Crippen molar-refractivity contribution in [3.63, 3.8) is 0 Å². The Hall–Kier alpha value is -3.37. The number of hydrogen-bond acceptors (Lipinski definition) is 5. The molecule has 1 aromatic carbocycles. The first-order valence-electron chi connectivity index (χ1n) is 8.31. The fraction of sp³-hybridized carbons (Fsp3) is 0.158. The van der Waals surface area contributed by atoms with E-state index < -0.39 is 5.91 Å². The number of nitrogens with two attached hydrogens (primary N) is 1. The first-order chi connectivity index (χ1) is 13.0. The van der Waals surface area contributed by atoms with Gasteiger partial charge in [-0.1, -0.05) is 17.5 Å². The molecule has 1 aliphatic rings. The van der Waals surface area contributed by atoms with Crippen LogP contribution in [0.1, 0.15) is 46.1 Å². The predicted octanol–water partition coefficient (Wildman–Crippen LogP) is 4.21. The third kappa shape index (κ3) is 3.48. The van der Waals surface area contributed by atoms with Crippen LogP contribution in [0.15, 0.2) is 30.5 Å². The Morgan fingerprint density at radius 3 is 2.93 bits per heavy atom. The molecule has 0 radical (unpaired) electrons. The number of rotatable bonds is 5. The average molecular weight is 387 g/mol. The van der Waals surface area contributed by atoms with Crippen molar-refractivity contribution in [1.29, 1.82) is 0 Å². The second-order valence-electron chi connectivity index (χ2n) is 6.27. The molecule has 4 N–H and O–H groups in total. The Bertz CT molecular complexity index is 1100. The summed E-state index contributed by atoms with van der Waals surface area (Å²) < 4.78 is 0. The number of halogens is 1. The smallest absolute Gasteiger partial charge is 0.250 e. The highest BCUT2D eigenvalue weighted by Crippen LogP contribution is 2.39. The van der Waals surface area contributed by atoms with E-state index in [-0.39, 0.29) is 16.3 Å². The maximum Gasteiger partial charge on any atom is 0.250 e. The molecule has 0 unspecified atom stereocenters. The molecule has 7 nitrogen and oxygen atoms in total. The lowest BCUT2D eigenvalue weighted by Gasteiger charge is -2.08. The zero-order valence-corrected chi connectivity index (χ0v) is 14.9. The number of aromatic amines is 1. The van der Waals surface area contributed by atoms with Crippen molar-refractivity contribution in [2.75, 3.05) is 5.32 Å². The van der Waals surface area contributed by atoms with Crippen LogP contribution in [0, 0.1) is 12.3 Å². The van der Waals surface area contributed by atoms with Gasteiger partial charge in [-0.2, -0.15) is 5.10 Å². The van der Waals surface area contributed by atoms with E-state index in [1.165, 1.54) is 19.0 Å². The number of hydrogen-bond donors (Lipinski definition) is 3.